The quantitative estimate of drug-likeness (QED) is 0.595. The second kappa shape index (κ2) is 4.29. The molecule has 16 heavy (non-hydrogen) atoms. The molecular formula is C9H5ClF5N. The summed E-state index contributed by atoms with van der Waals surface area (Å²) in [4.78, 5) is 0. The average Bonchev–Trinajstić information content (AvgIpc) is 2.14. The number of hydrogen-bond donors (Lipinski definition) is 1. The summed E-state index contributed by atoms with van der Waals surface area (Å²) in [5, 5.41) is -0.392. The van der Waals surface area contributed by atoms with Crippen LogP contribution in [0.25, 0.3) is 5.83 Å². The Bertz CT molecular complexity index is 438. The van der Waals surface area contributed by atoms with Gasteiger partial charge in [0.05, 0.1) is 5.02 Å². The molecule has 1 aromatic rings. The van der Waals surface area contributed by atoms with Crippen molar-refractivity contribution in [2.45, 2.75) is 6.18 Å². The molecule has 7 heteroatoms. The van der Waals surface area contributed by atoms with Gasteiger partial charge in [0.2, 0.25) is 5.83 Å². The van der Waals surface area contributed by atoms with Crippen LogP contribution in [-0.4, -0.2) is 6.18 Å². The van der Waals surface area contributed by atoms with E-state index in [2.05, 4.69) is 0 Å². The highest BCUT2D eigenvalue weighted by atomic mass is 35.5. The van der Waals surface area contributed by atoms with Crippen molar-refractivity contribution in [3.8, 4) is 0 Å². The molecule has 0 atom stereocenters. The number of anilines is 1. The van der Waals surface area contributed by atoms with Crippen molar-refractivity contribution in [1.29, 1.82) is 0 Å². The summed E-state index contributed by atoms with van der Waals surface area (Å²) in [6, 6.07) is 3.02. The van der Waals surface area contributed by atoms with E-state index >= 15 is 0 Å². The summed E-state index contributed by atoms with van der Waals surface area (Å²) in [6.07, 6.45) is -5.38. The second-order valence-electron chi connectivity index (χ2n) is 2.87. The Morgan fingerprint density at radius 1 is 1.19 bits per heavy atom. The van der Waals surface area contributed by atoms with Crippen molar-refractivity contribution < 1.29 is 22.0 Å². The zero-order valence-electron chi connectivity index (χ0n) is 7.58. The first-order valence-electron chi connectivity index (χ1n) is 3.91. The molecular weight excluding hydrogens is 253 g/mol. The van der Waals surface area contributed by atoms with Gasteiger partial charge in [-0.15, -0.1) is 0 Å². The normalized spacial score (nSPS) is 13.6. The van der Waals surface area contributed by atoms with E-state index in [-0.39, 0.29) is 5.69 Å². The molecule has 2 N–H and O–H groups in total. The molecule has 88 valence electrons. The molecule has 0 aliphatic rings. The topological polar surface area (TPSA) is 26.0 Å². The van der Waals surface area contributed by atoms with Crippen molar-refractivity contribution in [2.24, 2.45) is 0 Å². The third kappa shape index (κ3) is 2.63. The smallest absolute Gasteiger partial charge is 0.399 e. The molecule has 0 bridgehead atoms. The Labute approximate surface area is 92.3 Å². The van der Waals surface area contributed by atoms with Crippen LogP contribution in [0.3, 0.4) is 0 Å². The first kappa shape index (κ1) is 12.8. The first-order valence-corrected chi connectivity index (χ1v) is 4.29. The molecule has 0 aliphatic heterocycles. The Hall–Kier alpha value is -1.30. The van der Waals surface area contributed by atoms with Gasteiger partial charge in [-0.25, -0.2) is 4.39 Å². The summed E-state index contributed by atoms with van der Waals surface area (Å²) in [5.74, 6) is -4.88. The van der Waals surface area contributed by atoms with Gasteiger partial charge in [-0.05, 0) is 18.2 Å². The van der Waals surface area contributed by atoms with Crippen molar-refractivity contribution in [1.82, 2.24) is 0 Å². The van der Waals surface area contributed by atoms with Crippen LogP contribution < -0.4 is 5.73 Å². The Kier molecular flexibility index (Phi) is 3.42. The van der Waals surface area contributed by atoms with Crippen LogP contribution in [0.1, 0.15) is 5.56 Å². The van der Waals surface area contributed by atoms with E-state index < -0.39 is 28.4 Å². The second-order valence-corrected chi connectivity index (χ2v) is 3.27. The van der Waals surface area contributed by atoms with E-state index in [0.717, 1.165) is 18.2 Å². The van der Waals surface area contributed by atoms with E-state index in [1.165, 1.54) is 0 Å². The lowest BCUT2D eigenvalue weighted by Gasteiger charge is -2.07. The van der Waals surface area contributed by atoms with Gasteiger partial charge in [-0.2, -0.15) is 17.6 Å². The number of benzene rings is 1. The van der Waals surface area contributed by atoms with Gasteiger partial charge in [0, 0.05) is 11.3 Å². The number of rotatable bonds is 1. The van der Waals surface area contributed by atoms with Crippen LogP contribution in [0.2, 0.25) is 5.02 Å². The molecule has 1 aromatic carbocycles. The molecule has 0 radical (unpaired) electrons. The lowest BCUT2D eigenvalue weighted by molar-refractivity contribution is -0.108. The van der Waals surface area contributed by atoms with Crippen molar-refractivity contribution in [3.05, 3.63) is 34.6 Å². The van der Waals surface area contributed by atoms with Crippen LogP contribution in [0.4, 0.5) is 27.6 Å². The van der Waals surface area contributed by atoms with Gasteiger partial charge < -0.3 is 5.73 Å². The highest BCUT2D eigenvalue weighted by Gasteiger charge is 2.38. The summed E-state index contributed by atoms with van der Waals surface area (Å²) in [7, 11) is 0. The molecule has 0 aromatic heterocycles. The van der Waals surface area contributed by atoms with E-state index in [9.17, 15) is 22.0 Å². The minimum absolute atomic E-state index is 0.133. The molecule has 1 rings (SSSR count). The monoisotopic (exact) mass is 257 g/mol. The summed E-state index contributed by atoms with van der Waals surface area (Å²) < 4.78 is 61.2. The number of halogens is 6. The fourth-order valence-electron chi connectivity index (χ4n) is 0.952. The third-order valence-electron chi connectivity index (χ3n) is 1.67. The zero-order valence-corrected chi connectivity index (χ0v) is 8.33. The minimum Gasteiger partial charge on any atom is -0.399 e. The SMILES string of the molecule is Nc1ccc(C(F)=C(F)C(F)(F)F)c(Cl)c1. The maximum atomic E-state index is 13.1. The average molecular weight is 258 g/mol. The Balaban J connectivity index is 3.29. The summed E-state index contributed by atoms with van der Waals surface area (Å²) in [5.41, 5.74) is 4.69. The number of nitrogens with two attached hydrogens (primary N) is 1. The van der Waals surface area contributed by atoms with Crippen molar-refractivity contribution >= 4 is 23.1 Å². The van der Waals surface area contributed by atoms with E-state index in [1.54, 1.807) is 0 Å². The van der Waals surface area contributed by atoms with Crippen LogP contribution in [-0.2, 0) is 0 Å². The van der Waals surface area contributed by atoms with E-state index in [0.29, 0.717) is 0 Å². The fourth-order valence-corrected chi connectivity index (χ4v) is 1.22. The maximum Gasteiger partial charge on any atom is 0.445 e. The molecule has 0 aliphatic carbocycles. The van der Waals surface area contributed by atoms with E-state index in [1.807, 2.05) is 0 Å². The molecule has 0 fully saturated rings. The van der Waals surface area contributed by atoms with Gasteiger partial charge in [0.15, 0.2) is 5.83 Å². The standard InChI is InChI=1S/C9H5ClF5N/c10-6-3-4(16)1-2-5(6)7(11)8(12)9(13,14)15/h1-3H,16H2. The van der Waals surface area contributed by atoms with Crippen LogP contribution in [0.15, 0.2) is 24.0 Å². The Morgan fingerprint density at radius 2 is 1.75 bits per heavy atom. The van der Waals surface area contributed by atoms with Crippen molar-refractivity contribution in [3.63, 3.8) is 0 Å². The maximum absolute atomic E-state index is 13.1. The molecule has 0 saturated carbocycles. The predicted octanol–water partition coefficient (Wildman–Crippen LogP) is 4.09. The highest BCUT2D eigenvalue weighted by Crippen LogP contribution is 2.36. The van der Waals surface area contributed by atoms with Gasteiger partial charge >= 0.3 is 6.18 Å². The van der Waals surface area contributed by atoms with Gasteiger partial charge in [0.1, 0.15) is 0 Å². The number of alkyl halides is 3. The number of allylic oxidation sites excluding steroid dienone is 1. The minimum atomic E-state index is -5.38. The lowest BCUT2D eigenvalue weighted by atomic mass is 10.1. The summed E-state index contributed by atoms with van der Waals surface area (Å²) in [6.45, 7) is 0. The highest BCUT2D eigenvalue weighted by molar-refractivity contribution is 6.32. The van der Waals surface area contributed by atoms with Crippen molar-refractivity contribution in [2.75, 3.05) is 5.73 Å². The zero-order chi connectivity index (χ0) is 12.5. The number of nitrogen functional groups attached to an aromatic ring is 1. The van der Waals surface area contributed by atoms with Gasteiger partial charge in [-0.1, -0.05) is 11.6 Å². The predicted molar refractivity (Wildman–Crippen MR) is 51.1 cm³/mol. The Morgan fingerprint density at radius 3 is 2.19 bits per heavy atom. The third-order valence-corrected chi connectivity index (χ3v) is 1.98. The molecule has 0 amide bonds. The van der Waals surface area contributed by atoms with Gasteiger partial charge in [0.25, 0.3) is 0 Å². The van der Waals surface area contributed by atoms with Gasteiger partial charge in [-0.3, -0.25) is 0 Å². The largest absolute Gasteiger partial charge is 0.445 e. The lowest BCUT2D eigenvalue weighted by Crippen LogP contribution is -2.09. The fraction of sp³-hybridized carbons (Fsp3) is 0.111. The van der Waals surface area contributed by atoms with Crippen LogP contribution in [0, 0.1) is 0 Å². The molecule has 0 heterocycles. The molecule has 0 unspecified atom stereocenters. The summed E-state index contributed by atoms with van der Waals surface area (Å²) >= 11 is 5.43. The molecule has 0 spiro atoms. The van der Waals surface area contributed by atoms with E-state index in [4.69, 9.17) is 17.3 Å². The van der Waals surface area contributed by atoms with Crippen LogP contribution >= 0.6 is 11.6 Å². The molecule has 0 saturated heterocycles. The molecule has 1 nitrogen and oxygen atoms in total. The first-order chi connectivity index (χ1) is 7.23. The number of hydrogen-bond acceptors (Lipinski definition) is 1. The van der Waals surface area contributed by atoms with Crippen LogP contribution in [0.5, 0.6) is 0 Å².